The van der Waals surface area contributed by atoms with Crippen LogP contribution in [0, 0.1) is 13.8 Å². The molecule has 7 heteroatoms. The van der Waals surface area contributed by atoms with Gasteiger partial charge in [-0.05, 0) is 63.0 Å². The van der Waals surface area contributed by atoms with Gasteiger partial charge < -0.3 is 10.6 Å². The highest BCUT2D eigenvalue weighted by Gasteiger charge is 2.15. The van der Waals surface area contributed by atoms with Gasteiger partial charge >= 0.3 is 0 Å². The molecule has 3 N–H and O–H groups in total. The second-order valence-corrected chi connectivity index (χ2v) is 7.87. The molecule has 1 aromatic carbocycles. The fourth-order valence-corrected chi connectivity index (χ4v) is 3.79. The Morgan fingerprint density at radius 1 is 1.07 bits per heavy atom. The van der Waals surface area contributed by atoms with Gasteiger partial charge in [-0.2, -0.15) is 0 Å². The Hall–Kier alpha value is -2.54. The van der Waals surface area contributed by atoms with E-state index in [9.17, 15) is 0 Å². The van der Waals surface area contributed by atoms with Gasteiger partial charge in [0.15, 0.2) is 5.11 Å². The highest BCUT2D eigenvalue weighted by molar-refractivity contribution is 7.80. The van der Waals surface area contributed by atoms with E-state index in [4.69, 9.17) is 17.2 Å². The smallest absolute Gasteiger partial charge is 0.229 e. The van der Waals surface area contributed by atoms with Crippen LogP contribution in [0.4, 0.5) is 11.6 Å². The number of nitrogens with one attached hydrogen (secondary N) is 3. The maximum absolute atomic E-state index is 5.57. The van der Waals surface area contributed by atoms with Gasteiger partial charge in [0.25, 0.3) is 0 Å². The number of benzene rings is 1. The summed E-state index contributed by atoms with van der Waals surface area (Å²) >= 11 is 5.57. The first-order valence-electron chi connectivity index (χ1n) is 10.4. The van der Waals surface area contributed by atoms with Gasteiger partial charge in [-0.1, -0.05) is 44.4 Å². The summed E-state index contributed by atoms with van der Waals surface area (Å²) in [5.41, 5.74) is 4.05. The van der Waals surface area contributed by atoms with Crippen LogP contribution in [0.1, 0.15) is 56.0 Å². The largest absolute Gasteiger partial charge is 0.332 e. The first-order valence-corrected chi connectivity index (χ1v) is 10.8. The van der Waals surface area contributed by atoms with E-state index < -0.39 is 0 Å². The number of aryl methyl sites for hydroxylation is 3. The van der Waals surface area contributed by atoms with Crippen molar-refractivity contribution in [1.29, 1.82) is 0 Å². The molecule has 1 saturated carbocycles. The van der Waals surface area contributed by atoms with E-state index in [1.807, 2.05) is 38.1 Å². The number of rotatable bonds is 4. The van der Waals surface area contributed by atoms with Crippen molar-refractivity contribution in [3.63, 3.8) is 0 Å². The molecule has 6 nitrogen and oxygen atoms in total. The minimum absolute atomic E-state index is 0.287. The average molecular weight is 411 g/mol. The summed E-state index contributed by atoms with van der Waals surface area (Å²) in [4.78, 5) is 13.9. The van der Waals surface area contributed by atoms with Crippen LogP contribution in [0.3, 0.4) is 0 Å². The zero-order valence-corrected chi connectivity index (χ0v) is 18.3. The van der Waals surface area contributed by atoms with E-state index in [1.54, 1.807) is 0 Å². The predicted octanol–water partition coefficient (Wildman–Crippen LogP) is 4.74. The molecule has 1 aromatic heterocycles. The van der Waals surface area contributed by atoms with Crippen LogP contribution < -0.4 is 16.0 Å². The normalized spacial score (nSPS) is 15.1. The second-order valence-electron chi connectivity index (χ2n) is 7.46. The minimum Gasteiger partial charge on any atom is -0.332 e. The molecule has 0 radical (unpaired) electrons. The number of anilines is 2. The fourth-order valence-electron chi connectivity index (χ4n) is 3.59. The number of hydrogen-bond acceptors (Lipinski definition) is 4. The highest BCUT2D eigenvalue weighted by Crippen LogP contribution is 2.20. The molecule has 2 aromatic rings. The van der Waals surface area contributed by atoms with Crippen LogP contribution in [0.25, 0.3) is 0 Å². The average Bonchev–Trinajstić information content (AvgIpc) is 2.68. The first-order chi connectivity index (χ1) is 14.0. The van der Waals surface area contributed by atoms with Gasteiger partial charge in [-0.15, -0.1) is 0 Å². The lowest BCUT2D eigenvalue weighted by molar-refractivity contribution is 0.443. The van der Waals surface area contributed by atoms with E-state index in [0.29, 0.717) is 17.0 Å². The molecule has 0 atom stereocenters. The third-order valence-corrected chi connectivity index (χ3v) is 5.18. The lowest BCUT2D eigenvalue weighted by Gasteiger charge is -2.21. The Kier molecular flexibility index (Phi) is 7.52. The zero-order chi connectivity index (χ0) is 20.6. The summed E-state index contributed by atoms with van der Waals surface area (Å²) in [7, 11) is 0. The van der Waals surface area contributed by atoms with Gasteiger partial charge in [-0.25, -0.2) is 15.0 Å². The van der Waals surface area contributed by atoms with Gasteiger partial charge in [0.2, 0.25) is 11.9 Å². The summed E-state index contributed by atoms with van der Waals surface area (Å²) in [5, 5.41) is 10.3. The monoisotopic (exact) mass is 410 g/mol. The third kappa shape index (κ3) is 6.49. The van der Waals surface area contributed by atoms with Gasteiger partial charge in [0.1, 0.15) is 0 Å². The number of aliphatic imine (C=N–C) groups is 1. The fraction of sp³-hybridized carbons (Fsp3) is 0.455. The maximum Gasteiger partial charge on any atom is 0.229 e. The van der Waals surface area contributed by atoms with Gasteiger partial charge in [-0.3, -0.25) is 5.32 Å². The molecule has 1 fully saturated rings. The molecule has 0 spiro atoms. The van der Waals surface area contributed by atoms with Crippen molar-refractivity contribution in [2.75, 3.05) is 10.6 Å². The minimum atomic E-state index is 0.287. The van der Waals surface area contributed by atoms with Gasteiger partial charge in [0.05, 0.1) is 6.04 Å². The first kappa shape index (κ1) is 21.2. The molecule has 3 rings (SSSR count). The van der Waals surface area contributed by atoms with Crippen LogP contribution in [0.15, 0.2) is 35.3 Å². The van der Waals surface area contributed by atoms with E-state index >= 15 is 0 Å². The molecule has 1 heterocycles. The van der Waals surface area contributed by atoms with Crippen LogP contribution >= 0.6 is 12.2 Å². The summed E-state index contributed by atoms with van der Waals surface area (Å²) < 4.78 is 0. The lowest BCUT2D eigenvalue weighted by Crippen LogP contribution is -2.40. The van der Waals surface area contributed by atoms with Crippen molar-refractivity contribution in [1.82, 2.24) is 15.3 Å². The third-order valence-electron chi connectivity index (χ3n) is 4.98. The van der Waals surface area contributed by atoms with Crippen molar-refractivity contribution in [2.45, 2.75) is 65.3 Å². The molecule has 0 unspecified atom stereocenters. The molecule has 0 aliphatic heterocycles. The highest BCUT2D eigenvalue weighted by atomic mass is 32.1. The van der Waals surface area contributed by atoms with Crippen molar-refractivity contribution in [3.8, 4) is 0 Å². The van der Waals surface area contributed by atoms with Crippen molar-refractivity contribution < 1.29 is 0 Å². The molecule has 1 aliphatic rings. The Bertz CT molecular complexity index is 853. The molecule has 29 heavy (non-hydrogen) atoms. The summed E-state index contributed by atoms with van der Waals surface area (Å²) in [6.07, 6.45) is 6.85. The van der Waals surface area contributed by atoms with Crippen LogP contribution in [-0.2, 0) is 6.42 Å². The zero-order valence-electron chi connectivity index (χ0n) is 17.5. The number of hydrogen-bond donors (Lipinski definition) is 3. The van der Waals surface area contributed by atoms with Crippen molar-refractivity contribution in [3.05, 3.63) is 47.3 Å². The van der Waals surface area contributed by atoms with E-state index in [-0.39, 0.29) is 6.04 Å². The van der Waals surface area contributed by atoms with Crippen LogP contribution in [0.2, 0.25) is 0 Å². The topological polar surface area (TPSA) is 74.2 Å². The summed E-state index contributed by atoms with van der Waals surface area (Å²) in [5.74, 6) is 1.12. The Morgan fingerprint density at radius 2 is 1.76 bits per heavy atom. The van der Waals surface area contributed by atoms with E-state index in [2.05, 4.69) is 38.9 Å². The van der Waals surface area contributed by atoms with Crippen molar-refractivity contribution >= 4 is 34.9 Å². The molecule has 0 saturated heterocycles. The number of aromatic nitrogens is 2. The van der Waals surface area contributed by atoms with E-state index in [0.717, 1.165) is 36.3 Å². The van der Waals surface area contributed by atoms with Crippen LogP contribution in [-0.4, -0.2) is 27.1 Å². The number of nitrogens with zero attached hydrogens (tertiary/aromatic N) is 3. The Balaban J connectivity index is 1.76. The predicted molar refractivity (Wildman–Crippen MR) is 125 cm³/mol. The summed E-state index contributed by atoms with van der Waals surface area (Å²) in [6.45, 7) is 6.05. The lowest BCUT2D eigenvalue weighted by atomic mass is 9.96. The van der Waals surface area contributed by atoms with Crippen molar-refractivity contribution in [2.24, 2.45) is 4.99 Å². The number of guanidine groups is 1. The quantitative estimate of drug-likeness (QED) is 0.384. The van der Waals surface area contributed by atoms with Gasteiger partial charge in [0, 0.05) is 17.1 Å². The summed E-state index contributed by atoms with van der Waals surface area (Å²) in [6, 6.07) is 10.4. The number of thiocarbonyl (C=S) groups is 1. The molecule has 0 amide bonds. The Labute approximate surface area is 178 Å². The molecule has 1 aliphatic carbocycles. The van der Waals surface area contributed by atoms with E-state index in [1.165, 1.54) is 24.8 Å². The number of para-hydroxylation sites is 1. The standard InChI is InChI=1S/C22H30N6S/c1-4-17-10-8-9-13-19(17)26-22(29)28-21(25-18-11-6-5-7-12-18)27-20-23-15(2)14-16(3)24-20/h8-10,13-14,18H,4-7,11-12H2,1-3H3,(H3,23,24,25,26,27,28,29). The van der Waals surface area contributed by atoms with Crippen LogP contribution in [0.5, 0.6) is 0 Å². The molecular formula is C22H30N6S. The Morgan fingerprint density at radius 3 is 2.45 bits per heavy atom. The molecular weight excluding hydrogens is 380 g/mol. The second kappa shape index (κ2) is 10.3. The maximum atomic E-state index is 5.57. The molecule has 0 bridgehead atoms. The SMILES string of the molecule is CCc1ccccc1NC(=S)NC(=NC1CCCCC1)Nc1nc(C)cc(C)n1. The molecule has 154 valence electrons.